The Kier molecular flexibility index (Phi) is 8.94. The maximum Gasteiger partial charge on any atom is 0.254 e. The minimum atomic E-state index is 0.199. The van der Waals surface area contributed by atoms with Gasteiger partial charge in [-0.25, -0.2) is 0 Å². The summed E-state index contributed by atoms with van der Waals surface area (Å²) in [4.78, 5) is 14.1. The highest BCUT2D eigenvalue weighted by molar-refractivity contribution is 5.95. The maximum atomic E-state index is 12.1. The first kappa shape index (κ1) is 17.7. The zero-order valence-corrected chi connectivity index (χ0v) is 13.4. The van der Waals surface area contributed by atoms with Gasteiger partial charge in [-0.1, -0.05) is 45.4 Å². The van der Waals surface area contributed by atoms with E-state index in [0.29, 0.717) is 0 Å². The smallest absolute Gasteiger partial charge is 0.254 e. The highest BCUT2D eigenvalue weighted by atomic mass is 16.2. The minimum Gasteiger partial charge on any atom is -0.339 e. The van der Waals surface area contributed by atoms with Crippen LogP contribution in [0.15, 0.2) is 18.2 Å². The van der Waals surface area contributed by atoms with E-state index >= 15 is 0 Å². The van der Waals surface area contributed by atoms with Gasteiger partial charge in [0.25, 0.3) is 5.91 Å². The summed E-state index contributed by atoms with van der Waals surface area (Å²) >= 11 is 0. The molecule has 0 unspecified atom stereocenters. The van der Waals surface area contributed by atoms with Crippen LogP contribution in [0.5, 0.6) is 0 Å². The average Bonchev–Trinajstić information content (AvgIpc) is 2.97. The van der Waals surface area contributed by atoms with Crippen LogP contribution in [0.2, 0.25) is 0 Å². The molecule has 1 aliphatic heterocycles. The highest BCUT2D eigenvalue weighted by Crippen LogP contribution is 2.16. The number of benzene rings is 1. The van der Waals surface area contributed by atoms with Crippen molar-refractivity contribution in [3.8, 4) is 0 Å². The Hall–Kier alpha value is -1.31. The molecule has 2 rings (SSSR count). The molecule has 0 bridgehead atoms. The van der Waals surface area contributed by atoms with Gasteiger partial charge in [-0.2, -0.15) is 0 Å². The van der Waals surface area contributed by atoms with Crippen molar-refractivity contribution in [1.82, 2.24) is 4.90 Å². The molecule has 0 saturated carbocycles. The van der Waals surface area contributed by atoms with E-state index in [-0.39, 0.29) is 5.91 Å². The van der Waals surface area contributed by atoms with Gasteiger partial charge in [0.1, 0.15) is 0 Å². The molecule has 1 fully saturated rings. The SMILES string of the molecule is CC.CC.Cc1ccc(C(=O)N2CCCC2)c(C)c1. The van der Waals surface area contributed by atoms with Gasteiger partial charge in [0, 0.05) is 18.7 Å². The molecule has 0 spiro atoms. The van der Waals surface area contributed by atoms with Crippen molar-refractivity contribution < 1.29 is 4.79 Å². The van der Waals surface area contributed by atoms with E-state index < -0.39 is 0 Å². The molecule has 2 nitrogen and oxygen atoms in total. The second kappa shape index (κ2) is 9.60. The first-order chi connectivity index (χ1) is 9.18. The van der Waals surface area contributed by atoms with Crippen molar-refractivity contribution >= 4 is 5.91 Å². The summed E-state index contributed by atoms with van der Waals surface area (Å²) in [5.41, 5.74) is 3.17. The van der Waals surface area contributed by atoms with E-state index in [2.05, 4.69) is 13.0 Å². The topological polar surface area (TPSA) is 20.3 Å². The van der Waals surface area contributed by atoms with Gasteiger partial charge in [0.15, 0.2) is 0 Å². The van der Waals surface area contributed by atoms with Gasteiger partial charge < -0.3 is 4.90 Å². The fraction of sp³-hybridized carbons (Fsp3) is 0.588. The van der Waals surface area contributed by atoms with Crippen LogP contribution in [-0.2, 0) is 0 Å². The molecule has 1 aromatic rings. The molecular formula is C17H29NO. The van der Waals surface area contributed by atoms with Gasteiger partial charge in [-0.15, -0.1) is 0 Å². The Morgan fingerprint density at radius 3 is 2.00 bits per heavy atom. The molecule has 1 saturated heterocycles. The molecule has 108 valence electrons. The predicted octanol–water partition coefficient (Wildman–Crippen LogP) is 4.59. The largest absolute Gasteiger partial charge is 0.339 e. The fourth-order valence-electron chi connectivity index (χ4n) is 2.14. The maximum absolute atomic E-state index is 12.1. The van der Waals surface area contributed by atoms with Crippen molar-refractivity contribution in [1.29, 1.82) is 0 Å². The number of hydrogen-bond acceptors (Lipinski definition) is 1. The molecule has 2 heteroatoms. The lowest BCUT2D eigenvalue weighted by Crippen LogP contribution is -2.28. The van der Waals surface area contributed by atoms with Crippen molar-refractivity contribution in [2.24, 2.45) is 0 Å². The number of rotatable bonds is 1. The predicted molar refractivity (Wildman–Crippen MR) is 83.7 cm³/mol. The van der Waals surface area contributed by atoms with E-state index in [1.165, 1.54) is 5.56 Å². The van der Waals surface area contributed by atoms with Crippen LogP contribution in [0.25, 0.3) is 0 Å². The third kappa shape index (κ3) is 5.06. The lowest BCUT2D eigenvalue weighted by Gasteiger charge is -2.16. The summed E-state index contributed by atoms with van der Waals surface area (Å²) in [5, 5.41) is 0. The van der Waals surface area contributed by atoms with E-state index in [1.807, 2.05) is 51.7 Å². The van der Waals surface area contributed by atoms with Crippen LogP contribution in [-0.4, -0.2) is 23.9 Å². The molecule has 0 radical (unpaired) electrons. The highest BCUT2D eigenvalue weighted by Gasteiger charge is 2.20. The van der Waals surface area contributed by atoms with Crippen molar-refractivity contribution in [2.75, 3.05) is 13.1 Å². The molecule has 1 aliphatic rings. The average molecular weight is 263 g/mol. The van der Waals surface area contributed by atoms with Crippen molar-refractivity contribution in [3.63, 3.8) is 0 Å². The van der Waals surface area contributed by atoms with Crippen LogP contribution >= 0.6 is 0 Å². The zero-order valence-electron chi connectivity index (χ0n) is 13.4. The zero-order chi connectivity index (χ0) is 14.8. The van der Waals surface area contributed by atoms with E-state index in [9.17, 15) is 4.79 Å². The summed E-state index contributed by atoms with van der Waals surface area (Å²) in [6, 6.07) is 6.03. The summed E-state index contributed by atoms with van der Waals surface area (Å²) in [6.07, 6.45) is 2.30. The Bertz CT molecular complexity index is 379. The molecule has 0 atom stereocenters. The summed E-state index contributed by atoms with van der Waals surface area (Å²) in [7, 11) is 0. The summed E-state index contributed by atoms with van der Waals surface area (Å²) in [5.74, 6) is 0.199. The molecule has 0 aromatic heterocycles. The number of amides is 1. The molecule has 1 aromatic carbocycles. The minimum absolute atomic E-state index is 0.199. The third-order valence-electron chi connectivity index (χ3n) is 3.01. The quantitative estimate of drug-likeness (QED) is 0.725. The molecule has 19 heavy (non-hydrogen) atoms. The van der Waals surface area contributed by atoms with Gasteiger partial charge in [0.05, 0.1) is 0 Å². The first-order valence-corrected chi connectivity index (χ1v) is 7.55. The van der Waals surface area contributed by atoms with Crippen LogP contribution in [0.3, 0.4) is 0 Å². The molecule has 0 N–H and O–H groups in total. The summed E-state index contributed by atoms with van der Waals surface area (Å²) in [6.45, 7) is 13.9. The van der Waals surface area contributed by atoms with Crippen molar-refractivity contribution in [2.45, 2.75) is 54.4 Å². The normalized spacial score (nSPS) is 13.1. The summed E-state index contributed by atoms with van der Waals surface area (Å²) < 4.78 is 0. The van der Waals surface area contributed by atoms with Gasteiger partial charge in [0.2, 0.25) is 0 Å². The number of carbonyl (C=O) groups is 1. The molecule has 1 heterocycles. The standard InChI is InChI=1S/C13H17NO.2C2H6/c1-10-5-6-12(11(2)9-10)13(15)14-7-3-4-8-14;2*1-2/h5-6,9H,3-4,7-8H2,1-2H3;2*1-2H3. The molecule has 0 aliphatic carbocycles. The number of nitrogens with zero attached hydrogens (tertiary/aromatic N) is 1. The number of carbonyl (C=O) groups excluding carboxylic acids is 1. The number of hydrogen-bond donors (Lipinski definition) is 0. The van der Waals surface area contributed by atoms with Crippen LogP contribution in [0.1, 0.15) is 62.0 Å². The van der Waals surface area contributed by atoms with E-state index in [0.717, 1.165) is 37.1 Å². The fourth-order valence-corrected chi connectivity index (χ4v) is 2.14. The number of aryl methyl sites for hydroxylation is 2. The first-order valence-electron chi connectivity index (χ1n) is 7.55. The van der Waals surface area contributed by atoms with Gasteiger partial charge in [-0.05, 0) is 38.3 Å². The second-order valence-corrected chi connectivity index (χ2v) is 4.32. The van der Waals surface area contributed by atoms with Gasteiger partial charge >= 0.3 is 0 Å². The monoisotopic (exact) mass is 263 g/mol. The Labute approximate surface area is 118 Å². The van der Waals surface area contributed by atoms with E-state index in [1.54, 1.807) is 0 Å². The number of likely N-dealkylation sites (tertiary alicyclic amines) is 1. The lowest BCUT2D eigenvalue weighted by atomic mass is 10.0. The Balaban J connectivity index is 0.000000741. The van der Waals surface area contributed by atoms with Crippen LogP contribution in [0.4, 0.5) is 0 Å². The Morgan fingerprint density at radius 2 is 1.53 bits per heavy atom. The van der Waals surface area contributed by atoms with Crippen LogP contribution < -0.4 is 0 Å². The molecule has 1 amide bonds. The molecular weight excluding hydrogens is 234 g/mol. The van der Waals surface area contributed by atoms with Crippen LogP contribution in [0, 0.1) is 13.8 Å². The van der Waals surface area contributed by atoms with Gasteiger partial charge in [-0.3, -0.25) is 4.79 Å². The van der Waals surface area contributed by atoms with Crippen molar-refractivity contribution in [3.05, 3.63) is 34.9 Å². The van der Waals surface area contributed by atoms with E-state index in [4.69, 9.17) is 0 Å². The second-order valence-electron chi connectivity index (χ2n) is 4.32. The lowest BCUT2D eigenvalue weighted by molar-refractivity contribution is 0.0792. The third-order valence-corrected chi connectivity index (χ3v) is 3.01. The Morgan fingerprint density at radius 1 is 1.00 bits per heavy atom.